The summed E-state index contributed by atoms with van der Waals surface area (Å²) in [5.41, 5.74) is 1.86. The van der Waals surface area contributed by atoms with Gasteiger partial charge in [0.25, 0.3) is 5.91 Å². The van der Waals surface area contributed by atoms with Gasteiger partial charge in [-0.3, -0.25) is 9.79 Å². The molecule has 1 saturated heterocycles. The van der Waals surface area contributed by atoms with Crippen molar-refractivity contribution in [2.75, 3.05) is 34.2 Å². The van der Waals surface area contributed by atoms with Crippen LogP contribution in [0.2, 0.25) is 0 Å². The fraction of sp³-hybridized carbons (Fsp3) is 0.556. The van der Waals surface area contributed by atoms with Crippen LogP contribution in [0.4, 0.5) is 0 Å². The van der Waals surface area contributed by atoms with Crippen LogP contribution in [0.15, 0.2) is 29.3 Å². The van der Waals surface area contributed by atoms with Crippen molar-refractivity contribution in [3.63, 3.8) is 0 Å². The lowest BCUT2D eigenvalue weighted by molar-refractivity contribution is 0.0827. The first-order valence-electron chi connectivity index (χ1n) is 8.27. The molecular weight excluding hydrogens is 415 g/mol. The van der Waals surface area contributed by atoms with E-state index in [1.54, 1.807) is 19.0 Å². The van der Waals surface area contributed by atoms with Gasteiger partial charge in [-0.2, -0.15) is 0 Å². The van der Waals surface area contributed by atoms with Crippen LogP contribution in [0.5, 0.6) is 0 Å². The summed E-state index contributed by atoms with van der Waals surface area (Å²) < 4.78 is 0. The Morgan fingerprint density at radius 3 is 2.54 bits per heavy atom. The number of aliphatic imine (C=N–C) groups is 1. The first-order chi connectivity index (χ1) is 11.0. The number of hydrogen-bond donors (Lipinski definition) is 1. The summed E-state index contributed by atoms with van der Waals surface area (Å²) in [4.78, 5) is 20.2. The van der Waals surface area contributed by atoms with Gasteiger partial charge in [-0.15, -0.1) is 24.0 Å². The van der Waals surface area contributed by atoms with Crippen molar-refractivity contribution < 1.29 is 4.79 Å². The molecular formula is C18H29IN4O. The summed E-state index contributed by atoms with van der Waals surface area (Å²) in [5, 5.41) is 3.43. The van der Waals surface area contributed by atoms with Gasteiger partial charge in [0, 0.05) is 46.3 Å². The molecule has 0 aliphatic carbocycles. The van der Waals surface area contributed by atoms with E-state index in [0.29, 0.717) is 12.1 Å². The summed E-state index contributed by atoms with van der Waals surface area (Å²) in [7, 11) is 5.36. The topological polar surface area (TPSA) is 47.9 Å². The smallest absolute Gasteiger partial charge is 0.253 e. The maximum absolute atomic E-state index is 11.9. The molecule has 1 aromatic rings. The number of piperidine rings is 1. The fourth-order valence-electron chi connectivity index (χ4n) is 2.92. The third-order valence-electron chi connectivity index (χ3n) is 4.23. The number of nitrogens with one attached hydrogen (secondary N) is 1. The Bertz CT molecular complexity index is 557. The molecule has 6 heteroatoms. The Balaban J connectivity index is 0.00000288. The molecule has 1 aromatic carbocycles. The van der Waals surface area contributed by atoms with E-state index < -0.39 is 0 Å². The van der Waals surface area contributed by atoms with Gasteiger partial charge in [0.1, 0.15) is 0 Å². The Hall–Kier alpha value is -1.31. The van der Waals surface area contributed by atoms with Gasteiger partial charge in [-0.05, 0) is 36.5 Å². The summed E-state index contributed by atoms with van der Waals surface area (Å²) in [6.07, 6.45) is 2.53. The highest BCUT2D eigenvalue weighted by molar-refractivity contribution is 14.0. The zero-order chi connectivity index (χ0) is 16.8. The molecule has 0 radical (unpaired) electrons. The standard InChI is InChI=1S/C18H28N4O.HI/c1-14-6-5-11-22(13-14)18(19-2)20-12-15-7-9-16(10-8-15)17(23)21(3)4;/h7-10,14H,5-6,11-13H2,1-4H3,(H,19,20);1H. The molecule has 1 atom stereocenters. The molecule has 1 unspecified atom stereocenters. The van der Waals surface area contributed by atoms with Crippen molar-refractivity contribution in [2.45, 2.75) is 26.3 Å². The van der Waals surface area contributed by atoms with Crippen LogP contribution in [-0.4, -0.2) is 55.9 Å². The zero-order valence-corrected chi connectivity index (χ0v) is 17.4. The van der Waals surface area contributed by atoms with E-state index in [9.17, 15) is 4.79 Å². The fourth-order valence-corrected chi connectivity index (χ4v) is 2.92. The average Bonchev–Trinajstić information content (AvgIpc) is 2.55. The average molecular weight is 444 g/mol. The molecule has 0 bridgehead atoms. The predicted octanol–water partition coefficient (Wildman–Crippen LogP) is 2.81. The van der Waals surface area contributed by atoms with Crippen molar-refractivity contribution in [3.05, 3.63) is 35.4 Å². The van der Waals surface area contributed by atoms with Gasteiger partial charge in [0.15, 0.2) is 5.96 Å². The minimum Gasteiger partial charge on any atom is -0.352 e. The number of carbonyl (C=O) groups excluding carboxylic acids is 1. The Morgan fingerprint density at radius 1 is 1.33 bits per heavy atom. The molecule has 1 amide bonds. The number of carbonyl (C=O) groups is 1. The lowest BCUT2D eigenvalue weighted by Gasteiger charge is -2.33. The lowest BCUT2D eigenvalue weighted by Crippen LogP contribution is -2.45. The van der Waals surface area contributed by atoms with E-state index in [2.05, 4.69) is 22.1 Å². The van der Waals surface area contributed by atoms with Gasteiger partial charge < -0.3 is 15.1 Å². The number of rotatable bonds is 3. The van der Waals surface area contributed by atoms with Crippen molar-refractivity contribution in [2.24, 2.45) is 10.9 Å². The quantitative estimate of drug-likeness (QED) is 0.443. The largest absolute Gasteiger partial charge is 0.352 e. The van der Waals surface area contributed by atoms with E-state index in [1.165, 1.54) is 12.8 Å². The summed E-state index contributed by atoms with van der Waals surface area (Å²) in [6, 6.07) is 7.75. The molecule has 2 rings (SSSR count). The maximum Gasteiger partial charge on any atom is 0.253 e. The molecule has 0 aromatic heterocycles. The molecule has 1 aliphatic rings. The van der Waals surface area contributed by atoms with Gasteiger partial charge in [0.05, 0.1) is 0 Å². The van der Waals surface area contributed by atoms with Crippen LogP contribution in [0.3, 0.4) is 0 Å². The molecule has 0 spiro atoms. The summed E-state index contributed by atoms with van der Waals surface area (Å²) in [6.45, 7) is 5.14. The van der Waals surface area contributed by atoms with Crippen LogP contribution in [0.1, 0.15) is 35.7 Å². The van der Waals surface area contributed by atoms with Crippen molar-refractivity contribution in [1.82, 2.24) is 15.1 Å². The van der Waals surface area contributed by atoms with Gasteiger partial charge in [-0.1, -0.05) is 19.1 Å². The highest BCUT2D eigenvalue weighted by Crippen LogP contribution is 2.15. The normalized spacial score (nSPS) is 17.9. The molecule has 1 aliphatic heterocycles. The Labute approximate surface area is 162 Å². The van der Waals surface area contributed by atoms with E-state index in [-0.39, 0.29) is 29.9 Å². The van der Waals surface area contributed by atoms with E-state index in [1.807, 2.05) is 31.3 Å². The van der Waals surface area contributed by atoms with Crippen LogP contribution < -0.4 is 5.32 Å². The number of nitrogens with zero attached hydrogens (tertiary/aromatic N) is 3. The monoisotopic (exact) mass is 444 g/mol. The highest BCUT2D eigenvalue weighted by atomic mass is 127. The van der Waals surface area contributed by atoms with Gasteiger partial charge in [-0.25, -0.2) is 0 Å². The van der Waals surface area contributed by atoms with Gasteiger partial charge in [0.2, 0.25) is 0 Å². The predicted molar refractivity (Wildman–Crippen MR) is 110 cm³/mol. The molecule has 5 nitrogen and oxygen atoms in total. The SMILES string of the molecule is CN=C(NCc1ccc(C(=O)N(C)C)cc1)N1CCCC(C)C1.I. The third kappa shape index (κ3) is 5.65. The molecule has 0 saturated carbocycles. The van der Waals surface area contributed by atoms with E-state index in [4.69, 9.17) is 0 Å². The number of benzene rings is 1. The number of likely N-dealkylation sites (tertiary alicyclic amines) is 1. The first kappa shape index (κ1) is 20.7. The minimum absolute atomic E-state index is 0. The maximum atomic E-state index is 11.9. The van der Waals surface area contributed by atoms with Crippen molar-refractivity contribution in [1.29, 1.82) is 0 Å². The molecule has 24 heavy (non-hydrogen) atoms. The third-order valence-corrected chi connectivity index (χ3v) is 4.23. The number of hydrogen-bond acceptors (Lipinski definition) is 2. The Kier molecular flexibility index (Phi) is 8.52. The summed E-state index contributed by atoms with van der Waals surface area (Å²) in [5.74, 6) is 1.71. The second-order valence-corrected chi connectivity index (χ2v) is 6.49. The number of halogens is 1. The first-order valence-corrected chi connectivity index (χ1v) is 8.27. The van der Waals surface area contributed by atoms with E-state index in [0.717, 1.165) is 30.5 Å². The van der Waals surface area contributed by atoms with Crippen molar-refractivity contribution in [3.8, 4) is 0 Å². The highest BCUT2D eigenvalue weighted by Gasteiger charge is 2.19. The van der Waals surface area contributed by atoms with Crippen LogP contribution in [-0.2, 0) is 6.54 Å². The minimum atomic E-state index is 0. The van der Waals surface area contributed by atoms with Gasteiger partial charge >= 0.3 is 0 Å². The number of amides is 1. The van der Waals surface area contributed by atoms with Crippen LogP contribution >= 0.6 is 24.0 Å². The Morgan fingerprint density at radius 2 is 2.00 bits per heavy atom. The molecule has 134 valence electrons. The van der Waals surface area contributed by atoms with Crippen molar-refractivity contribution >= 4 is 35.8 Å². The van der Waals surface area contributed by atoms with Crippen LogP contribution in [0, 0.1) is 5.92 Å². The van der Waals surface area contributed by atoms with Crippen LogP contribution in [0.25, 0.3) is 0 Å². The summed E-state index contributed by atoms with van der Waals surface area (Å²) >= 11 is 0. The second kappa shape index (κ2) is 9.86. The zero-order valence-electron chi connectivity index (χ0n) is 15.1. The molecule has 1 heterocycles. The lowest BCUT2D eigenvalue weighted by atomic mass is 10.0. The molecule has 1 fully saturated rings. The van der Waals surface area contributed by atoms with E-state index >= 15 is 0 Å². The molecule has 1 N–H and O–H groups in total. The second-order valence-electron chi connectivity index (χ2n) is 6.49. The number of guanidine groups is 1.